The molecule has 1 fully saturated rings. The lowest BCUT2D eigenvalue weighted by Gasteiger charge is -2.25. The third kappa shape index (κ3) is 2.86. The number of rotatable bonds is 3. The predicted molar refractivity (Wildman–Crippen MR) is 73.7 cm³/mol. The quantitative estimate of drug-likeness (QED) is 0.877. The summed E-state index contributed by atoms with van der Waals surface area (Å²) in [7, 11) is 0. The molecule has 2 rings (SSSR count). The van der Waals surface area contributed by atoms with E-state index in [9.17, 15) is 14.7 Å². The Morgan fingerprint density at radius 2 is 2.16 bits per heavy atom. The molecule has 0 aliphatic carbocycles. The Labute approximate surface area is 112 Å². The zero-order valence-electron chi connectivity index (χ0n) is 11.1. The number of amides is 1. The van der Waals surface area contributed by atoms with Gasteiger partial charge in [-0.3, -0.25) is 4.79 Å². The number of hydrogen-bond donors (Lipinski definition) is 2. The molecule has 5 heteroatoms. The zero-order chi connectivity index (χ0) is 14.0. The van der Waals surface area contributed by atoms with Crippen LogP contribution in [0.5, 0.6) is 0 Å². The summed E-state index contributed by atoms with van der Waals surface area (Å²) in [6, 6.07) is 5.39. The summed E-state index contributed by atoms with van der Waals surface area (Å²) in [5.41, 5.74) is 1.48. The second-order valence-electron chi connectivity index (χ2n) is 4.90. The molecule has 0 spiro atoms. The van der Waals surface area contributed by atoms with E-state index in [0.717, 1.165) is 25.1 Å². The highest BCUT2D eigenvalue weighted by atomic mass is 16.4. The van der Waals surface area contributed by atoms with E-state index in [-0.39, 0.29) is 11.5 Å². The van der Waals surface area contributed by atoms with Gasteiger partial charge < -0.3 is 15.3 Å². The van der Waals surface area contributed by atoms with Crippen LogP contribution in [0.15, 0.2) is 18.2 Å². The van der Waals surface area contributed by atoms with Gasteiger partial charge in [0, 0.05) is 25.2 Å². The first kappa shape index (κ1) is 13.4. The van der Waals surface area contributed by atoms with Gasteiger partial charge in [0.15, 0.2) is 0 Å². The lowest BCUT2D eigenvalue weighted by atomic mass is 10.1. The molecule has 0 bridgehead atoms. The van der Waals surface area contributed by atoms with Gasteiger partial charge in [-0.1, -0.05) is 0 Å². The first-order valence-electron chi connectivity index (χ1n) is 6.40. The van der Waals surface area contributed by atoms with Crippen molar-refractivity contribution in [2.24, 2.45) is 0 Å². The number of hydrogen-bond acceptors (Lipinski definition) is 3. The van der Waals surface area contributed by atoms with Gasteiger partial charge in [-0.05, 0) is 38.0 Å². The molecule has 19 heavy (non-hydrogen) atoms. The van der Waals surface area contributed by atoms with Crippen LogP contribution in [0.2, 0.25) is 0 Å². The number of carboxylic acid groups (broad SMARTS) is 1. The summed E-state index contributed by atoms with van der Waals surface area (Å²) < 4.78 is 0. The van der Waals surface area contributed by atoms with Gasteiger partial charge in [-0.25, -0.2) is 4.79 Å². The fourth-order valence-electron chi connectivity index (χ4n) is 2.53. The lowest BCUT2D eigenvalue weighted by molar-refractivity contribution is -0.114. The van der Waals surface area contributed by atoms with Crippen molar-refractivity contribution in [1.82, 2.24) is 0 Å². The van der Waals surface area contributed by atoms with Crippen LogP contribution in [-0.2, 0) is 4.79 Å². The minimum absolute atomic E-state index is 0.210. The van der Waals surface area contributed by atoms with Crippen LogP contribution in [0.4, 0.5) is 11.4 Å². The third-order valence-electron chi connectivity index (χ3n) is 3.41. The molecule has 0 saturated carbocycles. The number of anilines is 2. The fraction of sp³-hybridized carbons (Fsp3) is 0.429. The molecule has 1 unspecified atom stereocenters. The Bertz CT molecular complexity index is 513. The summed E-state index contributed by atoms with van der Waals surface area (Å²) in [4.78, 5) is 24.5. The summed E-state index contributed by atoms with van der Waals surface area (Å²) in [5, 5.41) is 11.9. The Balaban J connectivity index is 2.38. The number of carbonyl (C=O) groups excluding carboxylic acids is 1. The van der Waals surface area contributed by atoms with Crippen LogP contribution in [0, 0.1) is 0 Å². The van der Waals surface area contributed by atoms with E-state index in [1.54, 1.807) is 12.1 Å². The molecule has 1 heterocycles. The maximum absolute atomic E-state index is 11.4. The third-order valence-corrected chi connectivity index (χ3v) is 3.41. The van der Waals surface area contributed by atoms with Crippen LogP contribution in [0.3, 0.4) is 0 Å². The SMILES string of the molecule is CC(=O)Nc1ccc(N2CCCC2C)c(C(=O)O)c1. The highest BCUT2D eigenvalue weighted by Gasteiger charge is 2.24. The smallest absolute Gasteiger partial charge is 0.337 e. The van der Waals surface area contributed by atoms with Gasteiger partial charge >= 0.3 is 5.97 Å². The molecule has 2 N–H and O–H groups in total. The van der Waals surface area contributed by atoms with Crippen molar-refractivity contribution in [2.45, 2.75) is 32.7 Å². The van der Waals surface area contributed by atoms with E-state index in [4.69, 9.17) is 0 Å². The molecule has 102 valence electrons. The maximum atomic E-state index is 11.4. The monoisotopic (exact) mass is 262 g/mol. The fourth-order valence-corrected chi connectivity index (χ4v) is 2.53. The molecular formula is C14H18N2O3. The normalized spacial score (nSPS) is 18.4. The van der Waals surface area contributed by atoms with Crippen molar-refractivity contribution in [2.75, 3.05) is 16.8 Å². The van der Waals surface area contributed by atoms with Gasteiger partial charge in [0.2, 0.25) is 5.91 Å². The molecule has 0 radical (unpaired) electrons. The van der Waals surface area contributed by atoms with Crippen LogP contribution in [-0.4, -0.2) is 29.6 Å². The van der Waals surface area contributed by atoms with Gasteiger partial charge in [0.1, 0.15) is 0 Å². The van der Waals surface area contributed by atoms with Crippen molar-refractivity contribution >= 4 is 23.3 Å². The molecular weight excluding hydrogens is 244 g/mol. The Morgan fingerprint density at radius 3 is 2.68 bits per heavy atom. The molecule has 1 amide bonds. The van der Waals surface area contributed by atoms with Crippen LogP contribution >= 0.6 is 0 Å². The number of nitrogens with one attached hydrogen (secondary N) is 1. The van der Waals surface area contributed by atoms with Crippen molar-refractivity contribution in [3.8, 4) is 0 Å². The van der Waals surface area contributed by atoms with Gasteiger partial charge in [0.05, 0.1) is 11.3 Å². The van der Waals surface area contributed by atoms with E-state index >= 15 is 0 Å². The summed E-state index contributed by atoms with van der Waals surface area (Å²) in [5.74, 6) is -1.18. The molecule has 1 aromatic rings. The minimum atomic E-state index is -0.971. The van der Waals surface area contributed by atoms with Crippen molar-refractivity contribution in [1.29, 1.82) is 0 Å². The Morgan fingerprint density at radius 1 is 1.42 bits per heavy atom. The van der Waals surface area contributed by atoms with Gasteiger partial charge in [0.25, 0.3) is 0 Å². The number of aromatic carboxylic acids is 1. The summed E-state index contributed by atoms with van der Waals surface area (Å²) in [6.45, 7) is 4.37. The molecule has 1 saturated heterocycles. The molecule has 1 atom stereocenters. The van der Waals surface area contributed by atoms with Crippen LogP contribution in [0.25, 0.3) is 0 Å². The number of benzene rings is 1. The van der Waals surface area contributed by atoms with E-state index in [1.807, 2.05) is 0 Å². The number of carboxylic acids is 1. The second kappa shape index (κ2) is 5.30. The molecule has 5 nitrogen and oxygen atoms in total. The average molecular weight is 262 g/mol. The lowest BCUT2D eigenvalue weighted by Crippen LogP contribution is -2.28. The van der Waals surface area contributed by atoms with Gasteiger partial charge in [-0.15, -0.1) is 0 Å². The number of carbonyl (C=O) groups is 2. The highest BCUT2D eigenvalue weighted by Crippen LogP contribution is 2.30. The molecule has 1 aromatic carbocycles. The standard InChI is InChI=1S/C14H18N2O3/c1-9-4-3-7-16(9)13-6-5-11(15-10(2)17)8-12(13)14(18)19/h5-6,8-9H,3-4,7H2,1-2H3,(H,15,17)(H,18,19). The van der Waals surface area contributed by atoms with E-state index in [0.29, 0.717) is 11.7 Å². The van der Waals surface area contributed by atoms with E-state index < -0.39 is 5.97 Å². The van der Waals surface area contributed by atoms with Crippen molar-refractivity contribution in [3.05, 3.63) is 23.8 Å². The second-order valence-corrected chi connectivity index (χ2v) is 4.90. The maximum Gasteiger partial charge on any atom is 0.337 e. The van der Waals surface area contributed by atoms with E-state index in [1.165, 1.54) is 13.0 Å². The Kier molecular flexibility index (Phi) is 3.74. The summed E-state index contributed by atoms with van der Waals surface area (Å²) in [6.07, 6.45) is 2.15. The van der Waals surface area contributed by atoms with E-state index in [2.05, 4.69) is 17.1 Å². The van der Waals surface area contributed by atoms with Gasteiger partial charge in [-0.2, -0.15) is 0 Å². The van der Waals surface area contributed by atoms with Crippen molar-refractivity contribution < 1.29 is 14.7 Å². The minimum Gasteiger partial charge on any atom is -0.478 e. The van der Waals surface area contributed by atoms with Crippen molar-refractivity contribution in [3.63, 3.8) is 0 Å². The average Bonchev–Trinajstić information content (AvgIpc) is 2.74. The Hall–Kier alpha value is -2.04. The topological polar surface area (TPSA) is 69.6 Å². The van der Waals surface area contributed by atoms with Crippen LogP contribution < -0.4 is 10.2 Å². The largest absolute Gasteiger partial charge is 0.478 e. The van der Waals surface area contributed by atoms with Crippen LogP contribution in [0.1, 0.15) is 37.0 Å². The first-order chi connectivity index (χ1) is 8.99. The highest BCUT2D eigenvalue weighted by molar-refractivity contribution is 5.97. The molecule has 1 aliphatic rings. The predicted octanol–water partition coefficient (Wildman–Crippen LogP) is 2.33. The number of nitrogens with zero attached hydrogens (tertiary/aromatic N) is 1. The zero-order valence-corrected chi connectivity index (χ0v) is 11.1. The summed E-state index contributed by atoms with van der Waals surface area (Å²) >= 11 is 0. The first-order valence-corrected chi connectivity index (χ1v) is 6.40. The molecule has 0 aromatic heterocycles. The molecule has 1 aliphatic heterocycles.